The van der Waals surface area contributed by atoms with E-state index in [0.717, 1.165) is 27.7 Å². The highest BCUT2D eigenvalue weighted by molar-refractivity contribution is 7.89. The second-order valence-electron chi connectivity index (χ2n) is 8.67. The summed E-state index contributed by atoms with van der Waals surface area (Å²) < 4.78 is 36.4. The molecule has 0 aliphatic carbocycles. The number of benzene rings is 3. The number of pyridine rings is 1. The highest BCUT2D eigenvalue weighted by Gasteiger charge is 2.22. The van der Waals surface area contributed by atoms with E-state index in [0.29, 0.717) is 11.5 Å². The number of imidazole rings is 1. The van der Waals surface area contributed by atoms with Crippen LogP contribution in [-0.2, 0) is 16.6 Å². The molecule has 0 unspecified atom stereocenters. The zero-order valence-corrected chi connectivity index (χ0v) is 21.3. The number of hydrogen-bond donors (Lipinski definition) is 2. The maximum absolute atomic E-state index is 13.2. The number of nitrogens with two attached hydrogens (primary N) is 1. The Kier molecular flexibility index (Phi) is 6.64. The number of fused-ring (bicyclic) bond motifs is 1. The quantitative estimate of drug-likeness (QED) is 0.309. The average molecular weight is 514 g/mol. The fourth-order valence-corrected chi connectivity index (χ4v) is 5.53. The van der Waals surface area contributed by atoms with E-state index >= 15 is 0 Å². The van der Waals surface area contributed by atoms with E-state index in [1.165, 1.54) is 7.11 Å². The molecular weight excluding hydrogens is 486 g/mol. The van der Waals surface area contributed by atoms with E-state index in [1.54, 1.807) is 12.3 Å². The van der Waals surface area contributed by atoms with Gasteiger partial charge in [-0.25, -0.2) is 23.1 Å². The number of rotatable bonds is 8. The molecule has 2 aromatic heterocycles. The van der Waals surface area contributed by atoms with Gasteiger partial charge in [-0.15, -0.1) is 0 Å². The van der Waals surface area contributed by atoms with Crippen LogP contribution in [0.5, 0.6) is 5.88 Å². The van der Waals surface area contributed by atoms with Crippen LogP contribution in [0.3, 0.4) is 0 Å². The molecule has 37 heavy (non-hydrogen) atoms. The maximum atomic E-state index is 13.2. The van der Waals surface area contributed by atoms with Gasteiger partial charge in [0.05, 0.1) is 24.2 Å². The smallest absolute Gasteiger partial charge is 0.246 e. The lowest BCUT2D eigenvalue weighted by Crippen LogP contribution is -2.24. The van der Waals surface area contributed by atoms with E-state index in [1.807, 2.05) is 83.4 Å². The van der Waals surface area contributed by atoms with E-state index in [-0.39, 0.29) is 23.4 Å². The van der Waals surface area contributed by atoms with Crippen molar-refractivity contribution in [3.05, 3.63) is 102 Å². The second kappa shape index (κ2) is 10.0. The summed E-state index contributed by atoms with van der Waals surface area (Å²) in [6.45, 7) is 2.22. The number of anilines is 1. The second-order valence-corrected chi connectivity index (χ2v) is 10.4. The molecule has 0 saturated heterocycles. The van der Waals surface area contributed by atoms with Crippen LogP contribution in [-0.4, -0.2) is 30.1 Å². The van der Waals surface area contributed by atoms with Gasteiger partial charge < -0.3 is 15.0 Å². The lowest BCUT2D eigenvalue weighted by molar-refractivity contribution is 0.385. The molecule has 0 amide bonds. The summed E-state index contributed by atoms with van der Waals surface area (Å²) in [7, 11) is -2.50. The number of ether oxygens (including phenoxy) is 1. The molecule has 0 aliphatic heterocycles. The monoisotopic (exact) mass is 513 g/mol. The zero-order chi connectivity index (χ0) is 26.0. The number of aromatic nitrogens is 3. The molecule has 0 aliphatic rings. The number of nitrogen functional groups attached to an aromatic ring is 1. The van der Waals surface area contributed by atoms with Gasteiger partial charge in [0, 0.05) is 18.3 Å². The van der Waals surface area contributed by atoms with Crippen LogP contribution in [0.1, 0.15) is 24.1 Å². The summed E-state index contributed by atoms with van der Waals surface area (Å²) in [6.07, 6.45) is 1.60. The normalized spacial score (nSPS) is 12.5. The average Bonchev–Trinajstić information content (AvgIpc) is 3.27. The minimum absolute atomic E-state index is 0.0253. The van der Waals surface area contributed by atoms with Crippen molar-refractivity contribution in [2.75, 3.05) is 12.8 Å². The van der Waals surface area contributed by atoms with Crippen LogP contribution in [0.25, 0.3) is 22.2 Å². The lowest BCUT2D eigenvalue weighted by atomic mass is 10.1. The van der Waals surface area contributed by atoms with Crippen molar-refractivity contribution in [2.45, 2.75) is 24.4 Å². The van der Waals surface area contributed by atoms with Gasteiger partial charge in [0.25, 0.3) is 0 Å². The van der Waals surface area contributed by atoms with Crippen LogP contribution in [0, 0.1) is 0 Å². The third kappa shape index (κ3) is 4.91. The summed E-state index contributed by atoms with van der Waals surface area (Å²) in [5, 5.41) is 0. The third-order valence-electron chi connectivity index (χ3n) is 6.33. The number of methoxy groups -OCH3 is 1. The summed E-state index contributed by atoms with van der Waals surface area (Å²) in [5.74, 6) is 0.433. The van der Waals surface area contributed by atoms with Gasteiger partial charge in [-0.2, -0.15) is 0 Å². The molecule has 0 spiro atoms. The molecule has 5 rings (SSSR count). The molecule has 2 heterocycles. The molecule has 0 saturated carbocycles. The summed E-state index contributed by atoms with van der Waals surface area (Å²) >= 11 is 0. The van der Waals surface area contributed by atoms with Crippen molar-refractivity contribution in [1.29, 1.82) is 0 Å². The predicted octanol–water partition coefficient (Wildman–Crippen LogP) is 4.78. The molecule has 8 nitrogen and oxygen atoms in total. The van der Waals surface area contributed by atoms with Crippen molar-refractivity contribution < 1.29 is 13.2 Å². The Morgan fingerprint density at radius 2 is 1.68 bits per heavy atom. The minimum Gasteiger partial charge on any atom is -0.480 e. The summed E-state index contributed by atoms with van der Waals surface area (Å²) in [4.78, 5) is 8.79. The Hall–Kier alpha value is -4.21. The largest absolute Gasteiger partial charge is 0.480 e. The molecule has 0 radical (unpaired) electrons. The van der Waals surface area contributed by atoms with E-state index in [4.69, 9.17) is 10.5 Å². The SMILES string of the molecule is COc1ncc(-c2ccc3nc(N)n([C@H](C)c4ccccc4)c3c2)cc1S(=O)(=O)NCc1ccccc1. The molecule has 9 heteroatoms. The Bertz CT molecular complexity index is 1650. The number of nitrogens with one attached hydrogen (secondary N) is 1. The third-order valence-corrected chi connectivity index (χ3v) is 7.73. The van der Waals surface area contributed by atoms with E-state index in [9.17, 15) is 8.42 Å². The molecular formula is C28H27N5O3S. The van der Waals surface area contributed by atoms with Crippen LogP contribution in [0.4, 0.5) is 5.95 Å². The van der Waals surface area contributed by atoms with Gasteiger partial charge in [-0.3, -0.25) is 0 Å². The van der Waals surface area contributed by atoms with Gasteiger partial charge in [-0.1, -0.05) is 66.7 Å². The molecule has 1 atom stereocenters. The topological polar surface area (TPSA) is 112 Å². The van der Waals surface area contributed by atoms with Gasteiger partial charge >= 0.3 is 0 Å². The summed E-state index contributed by atoms with van der Waals surface area (Å²) in [6, 6.07) is 26.6. The maximum Gasteiger partial charge on any atom is 0.246 e. The molecule has 0 bridgehead atoms. The van der Waals surface area contributed by atoms with Gasteiger partial charge in [0.15, 0.2) is 0 Å². The predicted molar refractivity (Wildman–Crippen MR) is 145 cm³/mol. The van der Waals surface area contributed by atoms with Crippen LogP contribution >= 0.6 is 0 Å². The van der Waals surface area contributed by atoms with Crippen molar-refractivity contribution >= 4 is 27.0 Å². The minimum atomic E-state index is -3.90. The standard InChI is InChI=1S/C28H27N5O3S/c1-19(21-11-7-4-8-12-21)33-25-15-22(13-14-24(25)32-28(33)29)23-16-26(27(36-2)30-18-23)37(34,35)31-17-20-9-5-3-6-10-20/h3-16,18-19,31H,17H2,1-2H3,(H2,29,32)/t19-/m1/s1. The van der Waals surface area contributed by atoms with Crippen molar-refractivity contribution in [1.82, 2.24) is 19.3 Å². The molecule has 3 aromatic carbocycles. The van der Waals surface area contributed by atoms with Crippen LogP contribution in [0.15, 0.2) is 96.0 Å². The Balaban J connectivity index is 1.54. The highest BCUT2D eigenvalue weighted by Crippen LogP contribution is 2.32. The molecule has 188 valence electrons. The van der Waals surface area contributed by atoms with E-state index in [2.05, 4.69) is 21.6 Å². The molecule has 3 N–H and O–H groups in total. The Morgan fingerprint density at radius 1 is 0.973 bits per heavy atom. The first-order chi connectivity index (χ1) is 17.9. The first-order valence-corrected chi connectivity index (χ1v) is 13.3. The number of nitrogens with zero attached hydrogens (tertiary/aromatic N) is 3. The fraction of sp³-hybridized carbons (Fsp3) is 0.143. The number of hydrogen-bond acceptors (Lipinski definition) is 6. The lowest BCUT2D eigenvalue weighted by Gasteiger charge is -2.17. The fourth-order valence-electron chi connectivity index (χ4n) is 4.37. The van der Waals surface area contributed by atoms with Gasteiger partial charge in [0.1, 0.15) is 4.90 Å². The van der Waals surface area contributed by atoms with Crippen molar-refractivity contribution in [2.24, 2.45) is 0 Å². The Labute approximate surface area is 215 Å². The first-order valence-electron chi connectivity index (χ1n) is 11.8. The van der Waals surface area contributed by atoms with E-state index < -0.39 is 10.0 Å². The summed E-state index contributed by atoms with van der Waals surface area (Å²) in [5.41, 5.74) is 11.3. The van der Waals surface area contributed by atoms with Crippen LogP contribution in [0.2, 0.25) is 0 Å². The van der Waals surface area contributed by atoms with Gasteiger partial charge in [0.2, 0.25) is 21.9 Å². The van der Waals surface area contributed by atoms with Gasteiger partial charge in [-0.05, 0) is 41.8 Å². The highest BCUT2D eigenvalue weighted by atomic mass is 32.2. The number of sulfonamides is 1. The van der Waals surface area contributed by atoms with Crippen molar-refractivity contribution in [3.63, 3.8) is 0 Å². The van der Waals surface area contributed by atoms with Crippen LogP contribution < -0.4 is 15.2 Å². The first kappa shape index (κ1) is 24.5. The molecule has 5 aromatic rings. The Morgan fingerprint density at radius 3 is 2.38 bits per heavy atom. The zero-order valence-electron chi connectivity index (χ0n) is 20.5. The van der Waals surface area contributed by atoms with Crippen molar-refractivity contribution in [3.8, 4) is 17.0 Å². The molecule has 0 fully saturated rings.